The number of hydrogen-bond donors (Lipinski definition) is 0. The fraction of sp³-hybridized carbons (Fsp3) is 0. The van der Waals surface area contributed by atoms with Gasteiger partial charge in [-0.15, -0.1) is 0 Å². The van der Waals surface area contributed by atoms with E-state index in [1.54, 1.807) is 12.1 Å². The normalized spacial score (nSPS) is 10.1. The smallest absolute Gasteiger partial charge is 0.287 e. The number of halogens is 1. The largest absolute Gasteiger partial charge is 0.459 e. The Morgan fingerprint density at radius 1 is 1.19 bits per heavy atom. The van der Waals surface area contributed by atoms with Gasteiger partial charge >= 0.3 is 0 Å². The summed E-state index contributed by atoms with van der Waals surface area (Å²) in [5, 5.41) is -0.781. The van der Waals surface area contributed by atoms with E-state index in [-0.39, 0.29) is 11.2 Å². The van der Waals surface area contributed by atoms with Gasteiger partial charge in [0.05, 0.1) is 5.56 Å². The first-order valence-electron chi connectivity index (χ1n) is 4.56. The third-order valence-corrected chi connectivity index (χ3v) is 2.30. The number of benzene rings is 1. The number of carbonyl (C=O) groups excluding carboxylic acids is 1. The number of carbonyl (C=O) groups is 1. The van der Waals surface area contributed by atoms with Gasteiger partial charge in [-0.2, -0.15) is 0 Å². The highest BCUT2D eigenvalue weighted by atomic mass is 35.5. The highest BCUT2D eigenvalue weighted by Crippen LogP contribution is 2.15. The molecule has 1 aromatic carbocycles. The van der Waals surface area contributed by atoms with Crippen molar-refractivity contribution in [1.29, 1.82) is 0 Å². The highest BCUT2D eigenvalue weighted by Gasteiger charge is 2.09. The van der Waals surface area contributed by atoms with Crippen LogP contribution in [0, 0.1) is 0 Å². The van der Waals surface area contributed by atoms with Gasteiger partial charge in [-0.25, -0.2) is 0 Å². The first-order valence-corrected chi connectivity index (χ1v) is 4.94. The van der Waals surface area contributed by atoms with Crippen molar-refractivity contribution in [2.75, 3.05) is 0 Å². The standard InChI is InChI=1S/C12H7ClO3/c13-12(15)11-6-10(14)9(7-16-11)8-4-2-1-3-5-8/h1-7H. The van der Waals surface area contributed by atoms with Gasteiger partial charge < -0.3 is 4.42 Å². The molecule has 0 N–H and O–H groups in total. The van der Waals surface area contributed by atoms with Crippen LogP contribution in [0.4, 0.5) is 0 Å². The Bertz CT molecular complexity index is 572. The maximum Gasteiger partial charge on any atom is 0.287 e. The van der Waals surface area contributed by atoms with E-state index in [0.717, 1.165) is 11.6 Å². The fourth-order valence-electron chi connectivity index (χ4n) is 1.34. The molecule has 0 aliphatic carbocycles. The highest BCUT2D eigenvalue weighted by molar-refractivity contribution is 6.67. The minimum atomic E-state index is -0.781. The van der Waals surface area contributed by atoms with Gasteiger partial charge in [0.1, 0.15) is 6.26 Å². The summed E-state index contributed by atoms with van der Waals surface area (Å²) < 4.78 is 4.97. The van der Waals surface area contributed by atoms with Crippen molar-refractivity contribution in [3.8, 4) is 11.1 Å². The Labute approximate surface area is 96.3 Å². The lowest BCUT2D eigenvalue weighted by molar-refractivity contribution is 0.105. The van der Waals surface area contributed by atoms with Crippen LogP contribution in [-0.2, 0) is 0 Å². The van der Waals surface area contributed by atoms with Crippen molar-refractivity contribution < 1.29 is 9.21 Å². The van der Waals surface area contributed by atoms with Crippen LogP contribution in [0.3, 0.4) is 0 Å². The number of rotatable bonds is 2. The maximum absolute atomic E-state index is 11.7. The molecule has 3 nitrogen and oxygen atoms in total. The van der Waals surface area contributed by atoms with E-state index in [1.807, 2.05) is 18.2 Å². The van der Waals surface area contributed by atoms with Crippen LogP contribution in [0.15, 0.2) is 51.9 Å². The van der Waals surface area contributed by atoms with Gasteiger partial charge in [-0.05, 0) is 17.2 Å². The second kappa shape index (κ2) is 4.33. The van der Waals surface area contributed by atoms with E-state index in [4.69, 9.17) is 16.0 Å². The van der Waals surface area contributed by atoms with E-state index < -0.39 is 5.24 Å². The quantitative estimate of drug-likeness (QED) is 0.751. The summed E-state index contributed by atoms with van der Waals surface area (Å²) in [6.45, 7) is 0. The fourth-order valence-corrected chi connectivity index (χ4v) is 1.44. The molecule has 16 heavy (non-hydrogen) atoms. The van der Waals surface area contributed by atoms with Crippen LogP contribution >= 0.6 is 11.6 Å². The van der Waals surface area contributed by atoms with Gasteiger partial charge in [0.15, 0.2) is 11.2 Å². The maximum atomic E-state index is 11.7. The lowest BCUT2D eigenvalue weighted by atomic mass is 10.1. The minimum Gasteiger partial charge on any atom is -0.459 e. The molecule has 1 heterocycles. The second-order valence-electron chi connectivity index (χ2n) is 3.16. The van der Waals surface area contributed by atoms with Crippen LogP contribution in [0.1, 0.15) is 10.6 Å². The Balaban J connectivity index is 2.53. The van der Waals surface area contributed by atoms with Gasteiger partial charge in [0.25, 0.3) is 5.24 Å². The molecule has 0 saturated heterocycles. The first-order chi connectivity index (χ1) is 7.68. The molecule has 0 aliphatic rings. The molecule has 1 aromatic heterocycles. The lowest BCUT2D eigenvalue weighted by Gasteiger charge is -1.99. The van der Waals surface area contributed by atoms with Crippen LogP contribution in [-0.4, -0.2) is 5.24 Å². The Kier molecular flexibility index (Phi) is 2.88. The third-order valence-electron chi connectivity index (χ3n) is 2.11. The molecular weight excluding hydrogens is 228 g/mol. The average molecular weight is 235 g/mol. The topological polar surface area (TPSA) is 47.3 Å². The van der Waals surface area contributed by atoms with Crippen molar-refractivity contribution in [1.82, 2.24) is 0 Å². The molecule has 0 radical (unpaired) electrons. The molecule has 0 bridgehead atoms. The van der Waals surface area contributed by atoms with Gasteiger partial charge in [-0.1, -0.05) is 30.3 Å². The second-order valence-corrected chi connectivity index (χ2v) is 3.51. The Hall–Kier alpha value is -1.87. The molecule has 0 saturated carbocycles. The van der Waals surface area contributed by atoms with Crippen LogP contribution in [0.25, 0.3) is 11.1 Å². The Morgan fingerprint density at radius 3 is 2.44 bits per heavy atom. The summed E-state index contributed by atoms with van der Waals surface area (Å²) in [6, 6.07) is 10.1. The molecular formula is C12H7ClO3. The predicted molar refractivity (Wildman–Crippen MR) is 60.6 cm³/mol. The summed E-state index contributed by atoms with van der Waals surface area (Å²) in [4.78, 5) is 22.5. The molecule has 0 aliphatic heterocycles. The molecule has 0 fully saturated rings. The van der Waals surface area contributed by atoms with E-state index in [0.29, 0.717) is 5.56 Å². The number of hydrogen-bond acceptors (Lipinski definition) is 3. The zero-order chi connectivity index (χ0) is 11.5. The SMILES string of the molecule is O=C(Cl)c1cc(=O)c(-c2ccccc2)co1. The molecule has 0 amide bonds. The van der Waals surface area contributed by atoms with E-state index >= 15 is 0 Å². The molecule has 2 rings (SSSR count). The zero-order valence-electron chi connectivity index (χ0n) is 8.14. The third kappa shape index (κ3) is 2.04. The monoisotopic (exact) mass is 234 g/mol. The first kappa shape index (κ1) is 10.6. The van der Waals surface area contributed by atoms with E-state index in [1.165, 1.54) is 6.26 Å². The summed E-state index contributed by atoms with van der Waals surface area (Å²) in [7, 11) is 0. The lowest BCUT2D eigenvalue weighted by Crippen LogP contribution is -2.05. The van der Waals surface area contributed by atoms with Crippen molar-refractivity contribution in [2.45, 2.75) is 0 Å². The molecule has 80 valence electrons. The van der Waals surface area contributed by atoms with Crippen molar-refractivity contribution in [3.63, 3.8) is 0 Å². The van der Waals surface area contributed by atoms with Gasteiger partial charge in [-0.3, -0.25) is 9.59 Å². The minimum absolute atomic E-state index is 0.147. The zero-order valence-corrected chi connectivity index (χ0v) is 8.90. The molecule has 4 heteroatoms. The average Bonchev–Trinajstić information content (AvgIpc) is 2.30. The van der Waals surface area contributed by atoms with Crippen molar-refractivity contribution >= 4 is 16.8 Å². The predicted octanol–water partition coefficient (Wildman–Crippen LogP) is 2.69. The van der Waals surface area contributed by atoms with E-state index in [2.05, 4.69) is 0 Å². The van der Waals surface area contributed by atoms with Crippen LogP contribution in [0.2, 0.25) is 0 Å². The van der Waals surface area contributed by atoms with Gasteiger partial charge in [0, 0.05) is 6.07 Å². The molecule has 0 unspecified atom stereocenters. The molecule has 0 atom stereocenters. The summed E-state index contributed by atoms with van der Waals surface area (Å²) in [5.74, 6) is -0.147. The van der Waals surface area contributed by atoms with Crippen LogP contribution < -0.4 is 5.43 Å². The van der Waals surface area contributed by atoms with Crippen LogP contribution in [0.5, 0.6) is 0 Å². The molecule has 0 spiro atoms. The van der Waals surface area contributed by atoms with Gasteiger partial charge in [0.2, 0.25) is 0 Å². The Morgan fingerprint density at radius 2 is 1.88 bits per heavy atom. The van der Waals surface area contributed by atoms with Crippen molar-refractivity contribution in [2.24, 2.45) is 0 Å². The van der Waals surface area contributed by atoms with E-state index in [9.17, 15) is 9.59 Å². The molecule has 2 aromatic rings. The van der Waals surface area contributed by atoms with Crippen molar-refractivity contribution in [3.05, 3.63) is 58.6 Å². The summed E-state index contributed by atoms with van der Waals surface area (Å²) in [5.41, 5.74) is 0.855. The summed E-state index contributed by atoms with van der Waals surface area (Å²) >= 11 is 5.20. The summed E-state index contributed by atoms with van der Waals surface area (Å²) in [6.07, 6.45) is 1.24.